The van der Waals surface area contributed by atoms with Crippen molar-refractivity contribution in [2.45, 2.75) is 42.4 Å². The van der Waals surface area contributed by atoms with Gasteiger partial charge in [-0.25, -0.2) is 12.8 Å². The summed E-state index contributed by atoms with van der Waals surface area (Å²) < 4.78 is 44.0. The molecule has 1 aromatic carbocycles. The van der Waals surface area contributed by atoms with Gasteiger partial charge in [0.05, 0.1) is 22.7 Å². The molecule has 0 saturated carbocycles. The van der Waals surface area contributed by atoms with Gasteiger partial charge in [0.2, 0.25) is 0 Å². The van der Waals surface area contributed by atoms with Crippen LogP contribution in [-0.2, 0) is 25.9 Å². The Balaban J connectivity index is 1.83. The maximum Gasteiger partial charge on any atom is 0.307 e. The van der Waals surface area contributed by atoms with Crippen molar-refractivity contribution in [2.24, 2.45) is 0 Å². The van der Waals surface area contributed by atoms with Crippen molar-refractivity contribution in [2.75, 3.05) is 19.7 Å². The van der Waals surface area contributed by atoms with Gasteiger partial charge in [-0.05, 0) is 55.7 Å². The molecule has 2 aromatic rings. The van der Waals surface area contributed by atoms with Crippen LogP contribution in [0, 0.1) is 5.82 Å². The number of sulfone groups is 1. The molecule has 0 radical (unpaired) electrons. The Morgan fingerprint density at radius 3 is 2.48 bits per heavy atom. The van der Waals surface area contributed by atoms with Crippen molar-refractivity contribution in [3.05, 3.63) is 60.2 Å². The van der Waals surface area contributed by atoms with Crippen molar-refractivity contribution in [3.8, 4) is 0 Å². The standard InChI is InChI=1S/C21H25FN2O4S/c1-2-28-20(25)14-21(29(26,27)19-7-5-18(22)6-8-19)9-12-24(13-10-21)16-17-4-3-11-23-15-17/h3-8,11,15H,2,9-10,12-14,16H2,1H3. The van der Waals surface area contributed by atoms with Gasteiger partial charge in [0, 0.05) is 32.0 Å². The van der Waals surface area contributed by atoms with Crippen LogP contribution in [0.4, 0.5) is 4.39 Å². The van der Waals surface area contributed by atoms with E-state index in [-0.39, 0.29) is 17.9 Å². The number of esters is 1. The van der Waals surface area contributed by atoms with E-state index in [4.69, 9.17) is 4.74 Å². The van der Waals surface area contributed by atoms with E-state index in [0.717, 1.165) is 17.7 Å². The molecular formula is C21H25FN2O4S. The third-order valence-electron chi connectivity index (χ3n) is 5.36. The van der Waals surface area contributed by atoms with Gasteiger partial charge in [0.15, 0.2) is 9.84 Å². The maximum absolute atomic E-state index is 13.5. The number of nitrogens with zero attached hydrogens (tertiary/aromatic N) is 2. The quantitative estimate of drug-likeness (QED) is 0.506. The summed E-state index contributed by atoms with van der Waals surface area (Å²) in [5, 5.41) is 0. The number of carbonyl (C=O) groups is 1. The Bertz CT molecular complexity index is 925. The third-order valence-corrected chi connectivity index (χ3v) is 7.95. The van der Waals surface area contributed by atoms with Gasteiger partial charge < -0.3 is 4.74 Å². The first-order chi connectivity index (χ1) is 13.9. The van der Waals surface area contributed by atoms with Gasteiger partial charge in [-0.1, -0.05) is 6.07 Å². The molecule has 156 valence electrons. The summed E-state index contributed by atoms with van der Waals surface area (Å²) in [5.41, 5.74) is 1.05. The average Bonchev–Trinajstić information content (AvgIpc) is 2.71. The van der Waals surface area contributed by atoms with Crippen LogP contribution >= 0.6 is 0 Å². The number of ether oxygens (including phenoxy) is 1. The fourth-order valence-electron chi connectivity index (χ4n) is 3.75. The van der Waals surface area contributed by atoms with Gasteiger partial charge in [-0.2, -0.15) is 0 Å². The number of hydrogen-bond acceptors (Lipinski definition) is 6. The van der Waals surface area contributed by atoms with Crippen molar-refractivity contribution >= 4 is 15.8 Å². The average molecular weight is 421 g/mol. The highest BCUT2D eigenvalue weighted by Crippen LogP contribution is 2.39. The molecule has 0 aliphatic carbocycles. The Morgan fingerprint density at radius 2 is 1.90 bits per heavy atom. The molecule has 0 amide bonds. The number of carbonyl (C=O) groups excluding carboxylic acids is 1. The number of aromatic nitrogens is 1. The molecule has 29 heavy (non-hydrogen) atoms. The largest absolute Gasteiger partial charge is 0.466 e. The summed E-state index contributed by atoms with van der Waals surface area (Å²) in [7, 11) is -3.86. The second-order valence-corrected chi connectivity index (χ2v) is 9.60. The molecule has 0 bridgehead atoms. The van der Waals surface area contributed by atoms with E-state index < -0.39 is 26.4 Å². The molecule has 1 fully saturated rings. The third kappa shape index (κ3) is 4.82. The lowest BCUT2D eigenvalue weighted by Crippen LogP contribution is -2.50. The molecule has 1 aromatic heterocycles. The van der Waals surface area contributed by atoms with Crippen LogP contribution in [-0.4, -0.2) is 48.7 Å². The summed E-state index contributed by atoms with van der Waals surface area (Å²) in [6.07, 6.45) is 3.88. The normalized spacial score (nSPS) is 17.0. The summed E-state index contributed by atoms with van der Waals surface area (Å²) in [5.74, 6) is -1.03. The Hall–Kier alpha value is -2.32. The lowest BCUT2D eigenvalue weighted by Gasteiger charge is -2.40. The highest BCUT2D eigenvalue weighted by atomic mass is 32.2. The molecule has 0 spiro atoms. The van der Waals surface area contributed by atoms with Gasteiger partial charge in [-0.3, -0.25) is 14.7 Å². The summed E-state index contributed by atoms with van der Waals surface area (Å²) in [6, 6.07) is 8.62. The predicted molar refractivity (Wildman–Crippen MR) is 106 cm³/mol. The van der Waals surface area contributed by atoms with E-state index >= 15 is 0 Å². The lowest BCUT2D eigenvalue weighted by molar-refractivity contribution is -0.144. The van der Waals surface area contributed by atoms with Crippen LogP contribution in [0.5, 0.6) is 0 Å². The first-order valence-corrected chi connectivity index (χ1v) is 11.1. The Kier molecular flexibility index (Phi) is 6.64. The summed E-state index contributed by atoms with van der Waals surface area (Å²) >= 11 is 0. The highest BCUT2D eigenvalue weighted by molar-refractivity contribution is 7.92. The van der Waals surface area contributed by atoms with Gasteiger partial charge in [0.1, 0.15) is 5.82 Å². The Labute approximate surface area is 170 Å². The zero-order chi connectivity index (χ0) is 20.9. The molecule has 1 aliphatic rings. The zero-order valence-corrected chi connectivity index (χ0v) is 17.2. The summed E-state index contributed by atoms with van der Waals surface area (Å²) in [6.45, 7) is 3.59. The molecule has 1 aliphatic heterocycles. The van der Waals surface area contributed by atoms with Gasteiger partial charge >= 0.3 is 5.97 Å². The summed E-state index contributed by atoms with van der Waals surface area (Å²) in [4.78, 5) is 18.5. The molecule has 8 heteroatoms. The van der Waals surface area contributed by atoms with Crippen molar-refractivity contribution in [1.82, 2.24) is 9.88 Å². The first-order valence-electron chi connectivity index (χ1n) is 9.63. The topological polar surface area (TPSA) is 76.6 Å². The van der Waals surface area contributed by atoms with E-state index in [0.29, 0.717) is 32.5 Å². The van der Waals surface area contributed by atoms with E-state index in [1.165, 1.54) is 12.1 Å². The van der Waals surface area contributed by atoms with Crippen LogP contribution < -0.4 is 0 Å². The number of halogens is 1. The minimum absolute atomic E-state index is 0.0314. The van der Waals surface area contributed by atoms with Crippen LogP contribution in [0.25, 0.3) is 0 Å². The number of rotatable bonds is 7. The first kappa shape index (κ1) is 21.4. The fraction of sp³-hybridized carbons (Fsp3) is 0.429. The Morgan fingerprint density at radius 1 is 1.21 bits per heavy atom. The number of pyridine rings is 1. The molecule has 2 heterocycles. The van der Waals surface area contributed by atoms with Gasteiger partial charge in [0.25, 0.3) is 0 Å². The van der Waals surface area contributed by atoms with Crippen LogP contribution in [0.2, 0.25) is 0 Å². The minimum Gasteiger partial charge on any atom is -0.466 e. The van der Waals surface area contributed by atoms with Crippen molar-refractivity contribution in [1.29, 1.82) is 0 Å². The van der Waals surface area contributed by atoms with E-state index in [1.54, 1.807) is 19.3 Å². The number of hydrogen-bond donors (Lipinski definition) is 0. The van der Waals surface area contributed by atoms with E-state index in [1.807, 2.05) is 12.1 Å². The second kappa shape index (κ2) is 9.00. The monoisotopic (exact) mass is 420 g/mol. The van der Waals surface area contributed by atoms with Gasteiger partial charge in [-0.15, -0.1) is 0 Å². The molecule has 6 nitrogen and oxygen atoms in total. The predicted octanol–water partition coefficient (Wildman–Crippen LogP) is 2.98. The van der Waals surface area contributed by atoms with E-state index in [2.05, 4.69) is 9.88 Å². The van der Waals surface area contributed by atoms with Crippen LogP contribution in [0.3, 0.4) is 0 Å². The maximum atomic E-state index is 13.5. The molecule has 1 saturated heterocycles. The fourth-order valence-corrected chi connectivity index (χ4v) is 5.77. The SMILES string of the molecule is CCOC(=O)CC1(S(=O)(=O)c2ccc(F)cc2)CCN(Cc2cccnc2)CC1. The van der Waals surface area contributed by atoms with Crippen molar-refractivity contribution < 1.29 is 22.3 Å². The second-order valence-electron chi connectivity index (χ2n) is 7.26. The minimum atomic E-state index is -3.86. The number of piperidine rings is 1. The van der Waals surface area contributed by atoms with Crippen LogP contribution in [0.1, 0.15) is 31.7 Å². The molecular weight excluding hydrogens is 395 g/mol. The van der Waals surface area contributed by atoms with Crippen molar-refractivity contribution in [3.63, 3.8) is 0 Å². The zero-order valence-electron chi connectivity index (χ0n) is 16.4. The molecule has 0 atom stereocenters. The highest BCUT2D eigenvalue weighted by Gasteiger charge is 2.48. The van der Waals surface area contributed by atoms with E-state index in [9.17, 15) is 17.6 Å². The molecule has 0 N–H and O–H groups in total. The lowest BCUT2D eigenvalue weighted by atomic mass is 9.92. The molecule has 0 unspecified atom stereocenters. The number of likely N-dealkylation sites (tertiary alicyclic amines) is 1. The number of benzene rings is 1. The van der Waals surface area contributed by atoms with Crippen LogP contribution in [0.15, 0.2) is 53.7 Å². The smallest absolute Gasteiger partial charge is 0.307 e. The molecule has 3 rings (SSSR count).